The summed E-state index contributed by atoms with van der Waals surface area (Å²) in [6, 6.07) is 13.7. The minimum Gasteiger partial charge on any atom is -0.497 e. The summed E-state index contributed by atoms with van der Waals surface area (Å²) in [5, 5.41) is 0. The molecule has 0 saturated carbocycles. The van der Waals surface area contributed by atoms with E-state index in [0.717, 1.165) is 22.8 Å². The van der Waals surface area contributed by atoms with Crippen molar-refractivity contribution >= 4 is 0 Å². The van der Waals surface area contributed by atoms with Crippen LogP contribution < -0.4 is 9.47 Å². The van der Waals surface area contributed by atoms with Gasteiger partial charge >= 0.3 is 0 Å². The molecule has 3 aromatic rings. The van der Waals surface area contributed by atoms with E-state index < -0.39 is 0 Å². The molecule has 0 radical (unpaired) electrons. The molecular formula is C19H19NO3. The Morgan fingerprint density at radius 1 is 0.957 bits per heavy atom. The van der Waals surface area contributed by atoms with Gasteiger partial charge in [0.05, 0.1) is 7.11 Å². The van der Waals surface area contributed by atoms with E-state index >= 15 is 0 Å². The summed E-state index contributed by atoms with van der Waals surface area (Å²) in [5.41, 5.74) is 4.02. The number of aryl methyl sites for hydroxylation is 2. The second kappa shape index (κ2) is 6.57. The lowest BCUT2D eigenvalue weighted by Crippen LogP contribution is -1.96. The number of rotatable bonds is 5. The molecule has 118 valence electrons. The Balaban J connectivity index is 1.69. The van der Waals surface area contributed by atoms with Gasteiger partial charge in [0.25, 0.3) is 0 Å². The first-order valence-electron chi connectivity index (χ1n) is 7.44. The van der Waals surface area contributed by atoms with Gasteiger partial charge in [-0.2, -0.15) is 0 Å². The summed E-state index contributed by atoms with van der Waals surface area (Å²) in [5.74, 6) is 2.22. The molecule has 0 N–H and O–H groups in total. The molecule has 1 aromatic heterocycles. The molecule has 0 aliphatic carbocycles. The Morgan fingerprint density at radius 2 is 1.65 bits per heavy atom. The SMILES string of the molecule is COc1ccc(-c2nc(COc3cc(C)cc(C)c3)co2)cc1. The first kappa shape index (κ1) is 15.2. The predicted molar refractivity (Wildman–Crippen MR) is 88.7 cm³/mol. The van der Waals surface area contributed by atoms with Gasteiger partial charge in [0.1, 0.15) is 30.1 Å². The monoisotopic (exact) mass is 309 g/mol. The molecule has 23 heavy (non-hydrogen) atoms. The molecule has 3 rings (SSSR count). The lowest BCUT2D eigenvalue weighted by molar-refractivity contribution is 0.300. The van der Waals surface area contributed by atoms with Crippen LogP contribution in [0.5, 0.6) is 11.5 Å². The van der Waals surface area contributed by atoms with Crippen molar-refractivity contribution in [3.05, 3.63) is 65.5 Å². The Bertz CT molecular complexity index is 770. The normalized spacial score (nSPS) is 10.6. The minimum atomic E-state index is 0.378. The van der Waals surface area contributed by atoms with Crippen LogP contribution in [0, 0.1) is 13.8 Å². The van der Waals surface area contributed by atoms with E-state index in [0.29, 0.717) is 12.5 Å². The van der Waals surface area contributed by atoms with Crippen molar-refractivity contribution in [2.45, 2.75) is 20.5 Å². The number of benzene rings is 2. The second-order valence-corrected chi connectivity index (χ2v) is 5.48. The van der Waals surface area contributed by atoms with Gasteiger partial charge in [-0.15, -0.1) is 0 Å². The highest BCUT2D eigenvalue weighted by Gasteiger charge is 2.08. The molecule has 2 aromatic carbocycles. The smallest absolute Gasteiger partial charge is 0.226 e. The van der Waals surface area contributed by atoms with Gasteiger partial charge in [-0.1, -0.05) is 6.07 Å². The predicted octanol–water partition coefficient (Wildman–Crippen LogP) is 4.55. The topological polar surface area (TPSA) is 44.5 Å². The summed E-state index contributed by atoms with van der Waals surface area (Å²) in [6.07, 6.45) is 1.63. The molecule has 0 atom stereocenters. The number of hydrogen-bond acceptors (Lipinski definition) is 4. The Hall–Kier alpha value is -2.75. The molecule has 4 nitrogen and oxygen atoms in total. The molecular weight excluding hydrogens is 290 g/mol. The van der Waals surface area contributed by atoms with Gasteiger partial charge in [0.15, 0.2) is 0 Å². The van der Waals surface area contributed by atoms with E-state index in [-0.39, 0.29) is 0 Å². The van der Waals surface area contributed by atoms with Crippen molar-refractivity contribution in [3.63, 3.8) is 0 Å². The molecule has 0 amide bonds. The quantitative estimate of drug-likeness (QED) is 0.694. The van der Waals surface area contributed by atoms with Gasteiger partial charge in [-0.25, -0.2) is 4.98 Å². The van der Waals surface area contributed by atoms with E-state index in [9.17, 15) is 0 Å². The second-order valence-electron chi connectivity index (χ2n) is 5.48. The van der Waals surface area contributed by atoms with E-state index in [1.54, 1.807) is 13.4 Å². The summed E-state index contributed by atoms with van der Waals surface area (Å²) in [4.78, 5) is 4.46. The Labute approximate surface area is 135 Å². The Kier molecular flexibility index (Phi) is 4.33. The highest BCUT2D eigenvalue weighted by atomic mass is 16.5. The number of ether oxygens (including phenoxy) is 2. The van der Waals surface area contributed by atoms with Crippen molar-refractivity contribution in [1.82, 2.24) is 4.98 Å². The van der Waals surface area contributed by atoms with Crippen LogP contribution in [-0.2, 0) is 6.61 Å². The zero-order valence-corrected chi connectivity index (χ0v) is 13.5. The zero-order valence-electron chi connectivity index (χ0n) is 13.5. The third-order valence-corrected chi connectivity index (χ3v) is 3.47. The van der Waals surface area contributed by atoms with Crippen LogP contribution in [0.1, 0.15) is 16.8 Å². The molecule has 0 aliphatic rings. The van der Waals surface area contributed by atoms with Crippen molar-refractivity contribution in [2.24, 2.45) is 0 Å². The molecule has 0 aliphatic heterocycles. The maximum atomic E-state index is 5.80. The van der Waals surface area contributed by atoms with Gasteiger partial charge in [0, 0.05) is 5.56 Å². The molecule has 0 spiro atoms. The number of hydrogen-bond donors (Lipinski definition) is 0. The van der Waals surface area contributed by atoms with Crippen LogP contribution in [0.3, 0.4) is 0 Å². The average Bonchev–Trinajstić information content (AvgIpc) is 3.01. The van der Waals surface area contributed by atoms with Gasteiger partial charge in [-0.3, -0.25) is 0 Å². The number of methoxy groups -OCH3 is 1. The lowest BCUT2D eigenvalue weighted by Gasteiger charge is -2.06. The third kappa shape index (κ3) is 3.72. The summed E-state index contributed by atoms with van der Waals surface area (Å²) in [7, 11) is 1.64. The molecule has 0 fully saturated rings. The van der Waals surface area contributed by atoms with Crippen molar-refractivity contribution in [2.75, 3.05) is 7.11 Å². The summed E-state index contributed by atoms with van der Waals surface area (Å²) < 4.78 is 16.5. The first-order valence-corrected chi connectivity index (χ1v) is 7.44. The van der Waals surface area contributed by atoms with Crippen molar-refractivity contribution < 1.29 is 13.9 Å². The number of nitrogens with zero attached hydrogens (tertiary/aromatic N) is 1. The fourth-order valence-corrected chi connectivity index (χ4v) is 2.41. The molecule has 0 unspecified atom stereocenters. The minimum absolute atomic E-state index is 0.378. The van der Waals surface area contributed by atoms with E-state index in [1.165, 1.54) is 11.1 Å². The van der Waals surface area contributed by atoms with Gasteiger partial charge < -0.3 is 13.9 Å². The fourth-order valence-electron chi connectivity index (χ4n) is 2.41. The van der Waals surface area contributed by atoms with E-state index in [1.807, 2.05) is 36.4 Å². The van der Waals surface area contributed by atoms with Gasteiger partial charge in [-0.05, 0) is 61.4 Å². The standard InChI is InChI=1S/C19H19NO3/c1-13-8-14(2)10-18(9-13)22-11-16-12-23-19(20-16)15-4-6-17(21-3)7-5-15/h4-10,12H,11H2,1-3H3. The van der Waals surface area contributed by atoms with E-state index in [2.05, 4.69) is 24.9 Å². The average molecular weight is 309 g/mol. The van der Waals surface area contributed by atoms with Crippen LogP contribution in [-0.4, -0.2) is 12.1 Å². The highest BCUT2D eigenvalue weighted by Crippen LogP contribution is 2.23. The van der Waals surface area contributed by atoms with Crippen molar-refractivity contribution in [3.8, 4) is 23.0 Å². The Morgan fingerprint density at radius 3 is 2.30 bits per heavy atom. The molecule has 4 heteroatoms. The summed E-state index contributed by atoms with van der Waals surface area (Å²) >= 11 is 0. The molecule has 0 bridgehead atoms. The van der Waals surface area contributed by atoms with Crippen LogP contribution >= 0.6 is 0 Å². The lowest BCUT2D eigenvalue weighted by atomic mass is 10.1. The summed E-state index contributed by atoms with van der Waals surface area (Å²) in [6.45, 7) is 4.48. The molecule has 1 heterocycles. The maximum Gasteiger partial charge on any atom is 0.226 e. The van der Waals surface area contributed by atoms with Crippen LogP contribution in [0.4, 0.5) is 0 Å². The highest BCUT2D eigenvalue weighted by molar-refractivity contribution is 5.54. The van der Waals surface area contributed by atoms with Crippen LogP contribution in [0.15, 0.2) is 53.1 Å². The maximum absolute atomic E-state index is 5.80. The molecule has 0 saturated heterocycles. The third-order valence-electron chi connectivity index (χ3n) is 3.47. The number of aromatic nitrogens is 1. The number of oxazole rings is 1. The van der Waals surface area contributed by atoms with Gasteiger partial charge in [0.2, 0.25) is 5.89 Å². The van der Waals surface area contributed by atoms with Crippen LogP contribution in [0.25, 0.3) is 11.5 Å². The van der Waals surface area contributed by atoms with E-state index in [4.69, 9.17) is 13.9 Å². The zero-order chi connectivity index (χ0) is 16.2. The first-order chi connectivity index (χ1) is 11.1. The van der Waals surface area contributed by atoms with Crippen molar-refractivity contribution in [1.29, 1.82) is 0 Å². The fraction of sp³-hybridized carbons (Fsp3) is 0.211. The largest absolute Gasteiger partial charge is 0.497 e. The van der Waals surface area contributed by atoms with Crippen LogP contribution in [0.2, 0.25) is 0 Å².